The monoisotopic (exact) mass is 355 g/mol. The molecular weight excluding hydrogens is 326 g/mol. The average molecular weight is 355 g/mol. The van der Waals surface area contributed by atoms with Crippen molar-refractivity contribution < 1.29 is 9.84 Å². The molecule has 5 heteroatoms. The van der Waals surface area contributed by atoms with Gasteiger partial charge in [0.25, 0.3) is 0 Å². The minimum Gasteiger partial charge on any atom is -0.490 e. The van der Waals surface area contributed by atoms with Crippen molar-refractivity contribution in [3.05, 3.63) is 47.3 Å². The van der Waals surface area contributed by atoms with Crippen LogP contribution >= 0.6 is 0 Å². The molecule has 2 aromatic rings. The zero-order chi connectivity index (χ0) is 17.9. The number of aliphatic hydroxyl groups is 1. The molecule has 2 atom stereocenters. The van der Waals surface area contributed by atoms with Crippen LogP contribution in [0.1, 0.15) is 42.6 Å². The maximum atomic E-state index is 10.4. The third-order valence-corrected chi connectivity index (χ3v) is 5.65. The molecular formula is C21H29N3O2. The van der Waals surface area contributed by atoms with E-state index in [9.17, 15) is 5.11 Å². The number of hydrogen-bond acceptors (Lipinski definition) is 4. The van der Waals surface area contributed by atoms with Crippen molar-refractivity contribution in [1.29, 1.82) is 0 Å². The molecule has 1 aromatic heterocycles. The number of H-pyrrole nitrogens is 1. The molecule has 1 aliphatic carbocycles. The number of likely N-dealkylation sites (tertiary alicyclic amines) is 1. The van der Waals surface area contributed by atoms with Gasteiger partial charge in [-0.2, -0.15) is 5.10 Å². The molecule has 0 bridgehead atoms. The fourth-order valence-electron chi connectivity index (χ4n) is 4.25. The van der Waals surface area contributed by atoms with Gasteiger partial charge in [0.1, 0.15) is 5.75 Å². The van der Waals surface area contributed by atoms with Gasteiger partial charge in [0.05, 0.1) is 17.9 Å². The summed E-state index contributed by atoms with van der Waals surface area (Å²) in [7, 11) is 0. The predicted octanol–water partition coefficient (Wildman–Crippen LogP) is 3.07. The van der Waals surface area contributed by atoms with Crippen LogP contribution in [-0.4, -0.2) is 45.5 Å². The van der Waals surface area contributed by atoms with E-state index >= 15 is 0 Å². The maximum absolute atomic E-state index is 10.4. The van der Waals surface area contributed by atoms with Crippen LogP contribution < -0.4 is 4.74 Å². The summed E-state index contributed by atoms with van der Waals surface area (Å²) in [6, 6.07) is 10.6. The first kappa shape index (κ1) is 17.6. The molecule has 1 saturated carbocycles. The predicted molar refractivity (Wildman–Crippen MR) is 101 cm³/mol. The second-order valence-corrected chi connectivity index (χ2v) is 7.94. The standard InChI is InChI=1S/C21H29N3O2/c1-15-10-18(23-22-15)11-17-13-24(14-21(17)25)12-16-6-8-20(9-7-16)26-19-4-2-3-5-19/h6-10,17,19,21,25H,2-5,11-14H2,1H3,(H,22,23). The quantitative estimate of drug-likeness (QED) is 0.836. The highest BCUT2D eigenvalue weighted by atomic mass is 16.5. The highest BCUT2D eigenvalue weighted by Gasteiger charge is 2.31. The Morgan fingerprint density at radius 3 is 2.65 bits per heavy atom. The van der Waals surface area contributed by atoms with E-state index in [1.165, 1.54) is 31.2 Å². The number of aryl methyl sites for hydroxylation is 1. The Bertz CT molecular complexity index is 706. The molecule has 2 aliphatic rings. The molecule has 0 radical (unpaired) electrons. The van der Waals surface area contributed by atoms with Gasteiger partial charge in [0, 0.05) is 31.2 Å². The van der Waals surface area contributed by atoms with E-state index in [0.29, 0.717) is 6.10 Å². The number of aromatic nitrogens is 2. The van der Waals surface area contributed by atoms with Crippen LogP contribution in [0.2, 0.25) is 0 Å². The third kappa shape index (κ3) is 4.27. The Morgan fingerprint density at radius 1 is 1.19 bits per heavy atom. The molecule has 0 amide bonds. The first-order valence-corrected chi connectivity index (χ1v) is 9.82. The van der Waals surface area contributed by atoms with Crippen molar-refractivity contribution in [2.24, 2.45) is 5.92 Å². The van der Waals surface area contributed by atoms with E-state index in [-0.39, 0.29) is 12.0 Å². The Labute approximate surface area is 155 Å². The first-order chi connectivity index (χ1) is 12.7. The van der Waals surface area contributed by atoms with Gasteiger partial charge < -0.3 is 9.84 Å². The minimum absolute atomic E-state index is 0.252. The number of benzene rings is 1. The molecule has 1 saturated heterocycles. The van der Waals surface area contributed by atoms with Crippen LogP contribution in [0.3, 0.4) is 0 Å². The number of nitrogens with one attached hydrogen (secondary N) is 1. The van der Waals surface area contributed by atoms with E-state index in [2.05, 4.69) is 45.4 Å². The normalized spacial score (nSPS) is 24.4. The lowest BCUT2D eigenvalue weighted by Gasteiger charge is -2.17. The van der Waals surface area contributed by atoms with Crippen molar-refractivity contribution in [2.75, 3.05) is 13.1 Å². The lowest BCUT2D eigenvalue weighted by Crippen LogP contribution is -2.21. The Balaban J connectivity index is 1.29. The van der Waals surface area contributed by atoms with E-state index in [4.69, 9.17) is 4.74 Å². The van der Waals surface area contributed by atoms with Gasteiger partial charge in [-0.25, -0.2) is 0 Å². The van der Waals surface area contributed by atoms with Gasteiger partial charge in [-0.15, -0.1) is 0 Å². The molecule has 2 heterocycles. The summed E-state index contributed by atoms with van der Waals surface area (Å²) in [6.45, 7) is 4.52. The number of hydrogen-bond donors (Lipinski definition) is 2. The van der Waals surface area contributed by atoms with E-state index in [1.807, 2.05) is 6.92 Å². The Kier molecular flexibility index (Phi) is 5.27. The molecule has 2 unspecified atom stereocenters. The maximum Gasteiger partial charge on any atom is 0.119 e. The second-order valence-electron chi connectivity index (χ2n) is 7.94. The number of aromatic amines is 1. The van der Waals surface area contributed by atoms with Gasteiger partial charge in [-0.3, -0.25) is 10.00 Å². The van der Waals surface area contributed by atoms with E-state index < -0.39 is 0 Å². The highest BCUT2D eigenvalue weighted by molar-refractivity contribution is 5.27. The van der Waals surface area contributed by atoms with Crippen molar-refractivity contribution in [2.45, 2.75) is 57.8 Å². The first-order valence-electron chi connectivity index (χ1n) is 9.82. The molecule has 2 N–H and O–H groups in total. The third-order valence-electron chi connectivity index (χ3n) is 5.65. The number of β-amino-alcohol motifs (C(OH)–C–C–N with tert-alkyl or cyclic N) is 1. The SMILES string of the molecule is Cc1cc(CC2CN(Cc3ccc(OC4CCCC4)cc3)CC2O)n[nH]1. The summed E-state index contributed by atoms with van der Waals surface area (Å²) in [4.78, 5) is 2.33. The number of ether oxygens (including phenoxy) is 1. The van der Waals surface area contributed by atoms with E-state index in [1.54, 1.807) is 0 Å². The summed E-state index contributed by atoms with van der Waals surface area (Å²) in [5.74, 6) is 1.23. The average Bonchev–Trinajstić information content (AvgIpc) is 3.34. The van der Waals surface area contributed by atoms with Crippen molar-refractivity contribution >= 4 is 0 Å². The Hall–Kier alpha value is -1.85. The fraction of sp³-hybridized carbons (Fsp3) is 0.571. The fourth-order valence-corrected chi connectivity index (χ4v) is 4.25. The summed E-state index contributed by atoms with van der Waals surface area (Å²) < 4.78 is 6.04. The minimum atomic E-state index is -0.281. The Morgan fingerprint density at radius 2 is 1.96 bits per heavy atom. The molecule has 0 spiro atoms. The van der Waals surface area contributed by atoms with Gasteiger partial charge >= 0.3 is 0 Å². The highest BCUT2D eigenvalue weighted by Crippen LogP contribution is 2.26. The van der Waals surface area contributed by atoms with Gasteiger partial charge in [-0.1, -0.05) is 12.1 Å². The largest absolute Gasteiger partial charge is 0.490 e. The van der Waals surface area contributed by atoms with Gasteiger partial charge in [0.2, 0.25) is 0 Å². The molecule has 26 heavy (non-hydrogen) atoms. The molecule has 1 aromatic carbocycles. The summed E-state index contributed by atoms with van der Waals surface area (Å²) in [5, 5.41) is 17.7. The summed E-state index contributed by atoms with van der Waals surface area (Å²) in [5.41, 5.74) is 3.39. The van der Waals surface area contributed by atoms with Crippen LogP contribution in [0.15, 0.2) is 30.3 Å². The molecule has 140 valence electrons. The molecule has 1 aliphatic heterocycles. The summed E-state index contributed by atoms with van der Waals surface area (Å²) >= 11 is 0. The molecule has 4 rings (SSSR count). The zero-order valence-electron chi connectivity index (χ0n) is 15.5. The van der Waals surface area contributed by atoms with Crippen LogP contribution in [-0.2, 0) is 13.0 Å². The number of rotatable bonds is 6. The second kappa shape index (κ2) is 7.80. The molecule has 2 fully saturated rings. The van der Waals surface area contributed by atoms with Crippen molar-refractivity contribution in [3.8, 4) is 5.75 Å². The summed E-state index contributed by atoms with van der Waals surface area (Å²) in [6.07, 6.45) is 5.90. The van der Waals surface area contributed by atoms with Crippen LogP contribution in [0.5, 0.6) is 5.75 Å². The lowest BCUT2D eigenvalue weighted by molar-refractivity contribution is 0.140. The van der Waals surface area contributed by atoms with Crippen LogP contribution in [0.4, 0.5) is 0 Å². The number of nitrogens with zero attached hydrogens (tertiary/aromatic N) is 2. The van der Waals surface area contributed by atoms with Crippen molar-refractivity contribution in [3.63, 3.8) is 0 Å². The van der Waals surface area contributed by atoms with Gasteiger partial charge in [-0.05, 0) is 62.8 Å². The number of aliphatic hydroxyl groups excluding tert-OH is 1. The topological polar surface area (TPSA) is 61.4 Å². The lowest BCUT2D eigenvalue weighted by atomic mass is 10.0. The van der Waals surface area contributed by atoms with Crippen molar-refractivity contribution in [1.82, 2.24) is 15.1 Å². The zero-order valence-corrected chi connectivity index (χ0v) is 15.5. The van der Waals surface area contributed by atoms with Crippen LogP contribution in [0, 0.1) is 12.8 Å². The smallest absolute Gasteiger partial charge is 0.119 e. The van der Waals surface area contributed by atoms with Gasteiger partial charge in [0.15, 0.2) is 0 Å². The molecule has 5 nitrogen and oxygen atoms in total. The van der Waals surface area contributed by atoms with E-state index in [0.717, 1.165) is 43.2 Å². The van der Waals surface area contributed by atoms with Crippen LogP contribution in [0.25, 0.3) is 0 Å².